The molecule has 1 fully saturated rings. The Balaban J connectivity index is 1.35. The molecule has 1 aliphatic carbocycles. The van der Waals surface area contributed by atoms with E-state index in [1.165, 1.54) is 18.5 Å². The number of amides is 1. The summed E-state index contributed by atoms with van der Waals surface area (Å²) in [6.45, 7) is 0.0607. The van der Waals surface area contributed by atoms with Crippen LogP contribution < -0.4 is 5.32 Å². The number of hydrogen-bond donors (Lipinski definition) is 2. The summed E-state index contributed by atoms with van der Waals surface area (Å²) in [5, 5.41) is 6.82. The summed E-state index contributed by atoms with van der Waals surface area (Å²) >= 11 is 0. The molecule has 0 radical (unpaired) electrons. The van der Waals surface area contributed by atoms with Crippen molar-refractivity contribution in [2.45, 2.75) is 37.6 Å². The molecule has 1 aromatic carbocycles. The topological polar surface area (TPSA) is 101 Å². The lowest BCUT2D eigenvalue weighted by Crippen LogP contribution is -2.24. The van der Waals surface area contributed by atoms with E-state index in [-0.39, 0.29) is 36.2 Å². The Bertz CT molecular complexity index is 1350. The van der Waals surface area contributed by atoms with E-state index >= 15 is 0 Å². The van der Waals surface area contributed by atoms with Crippen molar-refractivity contribution in [3.8, 4) is 11.1 Å². The molecule has 0 aliphatic heterocycles. The van der Waals surface area contributed by atoms with E-state index in [2.05, 4.69) is 30.4 Å². The SMILES string of the molecule is Cn1cc(-c2cc(F)cc(CNC(=O)c3ncnc4nc(C5CCC(F)(F)C5)[nH]c34)c2)cn1. The van der Waals surface area contributed by atoms with Crippen LogP contribution in [0.25, 0.3) is 22.3 Å². The van der Waals surface area contributed by atoms with Crippen molar-refractivity contribution in [3.05, 3.63) is 59.8 Å². The summed E-state index contributed by atoms with van der Waals surface area (Å²) in [4.78, 5) is 28.2. The minimum atomic E-state index is -2.71. The highest BCUT2D eigenvalue weighted by molar-refractivity contribution is 6.02. The summed E-state index contributed by atoms with van der Waals surface area (Å²) in [6.07, 6.45) is 4.42. The second kappa shape index (κ2) is 7.98. The molecule has 1 saturated carbocycles. The van der Waals surface area contributed by atoms with Gasteiger partial charge < -0.3 is 10.3 Å². The van der Waals surface area contributed by atoms with Gasteiger partial charge in [-0.25, -0.2) is 28.1 Å². The highest BCUT2D eigenvalue weighted by Gasteiger charge is 2.41. The minimum absolute atomic E-state index is 0.0485. The number of carbonyl (C=O) groups excluding carboxylic acids is 1. The Labute approximate surface area is 186 Å². The number of aromatic nitrogens is 6. The number of imidazole rings is 1. The predicted molar refractivity (Wildman–Crippen MR) is 113 cm³/mol. The summed E-state index contributed by atoms with van der Waals surface area (Å²) in [6, 6.07) is 4.50. The highest BCUT2D eigenvalue weighted by atomic mass is 19.3. The number of fused-ring (bicyclic) bond motifs is 1. The third-order valence-electron chi connectivity index (χ3n) is 5.76. The van der Waals surface area contributed by atoms with Crippen LogP contribution >= 0.6 is 0 Å². The van der Waals surface area contributed by atoms with Gasteiger partial charge in [0.2, 0.25) is 5.92 Å². The van der Waals surface area contributed by atoms with Crippen molar-refractivity contribution in [1.29, 1.82) is 0 Å². The molecule has 8 nitrogen and oxygen atoms in total. The van der Waals surface area contributed by atoms with Crippen LogP contribution in [0.4, 0.5) is 13.2 Å². The third-order valence-corrected chi connectivity index (χ3v) is 5.76. The largest absolute Gasteiger partial charge is 0.347 e. The van der Waals surface area contributed by atoms with Crippen LogP contribution in [-0.2, 0) is 13.6 Å². The van der Waals surface area contributed by atoms with Gasteiger partial charge >= 0.3 is 0 Å². The number of alkyl halides is 2. The third kappa shape index (κ3) is 4.30. The maximum absolute atomic E-state index is 14.2. The summed E-state index contributed by atoms with van der Waals surface area (Å²) < 4.78 is 43.0. The Morgan fingerprint density at radius 2 is 2.12 bits per heavy atom. The zero-order valence-corrected chi connectivity index (χ0v) is 17.6. The first-order valence-electron chi connectivity index (χ1n) is 10.4. The molecule has 1 atom stereocenters. The number of H-pyrrole nitrogens is 1. The van der Waals surface area contributed by atoms with E-state index in [0.717, 1.165) is 5.56 Å². The van der Waals surface area contributed by atoms with Crippen molar-refractivity contribution < 1.29 is 18.0 Å². The van der Waals surface area contributed by atoms with Crippen molar-refractivity contribution in [3.63, 3.8) is 0 Å². The van der Waals surface area contributed by atoms with Gasteiger partial charge in [0.25, 0.3) is 5.91 Å². The molecule has 170 valence electrons. The van der Waals surface area contributed by atoms with Crippen molar-refractivity contribution in [2.75, 3.05) is 0 Å². The van der Waals surface area contributed by atoms with E-state index in [1.807, 2.05) is 0 Å². The average Bonchev–Trinajstić information content (AvgIpc) is 3.49. The van der Waals surface area contributed by atoms with E-state index < -0.39 is 23.6 Å². The fraction of sp³-hybridized carbons (Fsp3) is 0.318. The average molecular weight is 455 g/mol. The standard InChI is InChI=1S/C22H20F3N7O/c1-32-10-15(9-29-32)14-4-12(5-16(23)6-14)8-26-21(33)18-17-20(28-11-27-18)31-19(30-17)13-2-3-22(24,25)7-13/h4-6,9-11,13H,2-3,7-8H2,1H3,(H,26,33)(H,27,28,30,31). The monoisotopic (exact) mass is 455 g/mol. The Morgan fingerprint density at radius 3 is 2.85 bits per heavy atom. The molecule has 0 bridgehead atoms. The fourth-order valence-corrected chi connectivity index (χ4v) is 4.15. The number of aromatic amines is 1. The van der Waals surface area contributed by atoms with Crippen LogP contribution in [0.3, 0.4) is 0 Å². The molecule has 5 rings (SSSR count). The Hall–Kier alpha value is -3.76. The van der Waals surface area contributed by atoms with Crippen LogP contribution in [0.5, 0.6) is 0 Å². The van der Waals surface area contributed by atoms with Crippen molar-refractivity contribution >= 4 is 17.1 Å². The molecule has 1 amide bonds. The molecular weight excluding hydrogens is 435 g/mol. The van der Waals surface area contributed by atoms with Gasteiger partial charge in [0.1, 0.15) is 23.5 Å². The second-order valence-corrected chi connectivity index (χ2v) is 8.27. The van der Waals surface area contributed by atoms with Crippen LogP contribution in [0, 0.1) is 5.82 Å². The lowest BCUT2D eigenvalue weighted by molar-refractivity contribution is 0.00755. The van der Waals surface area contributed by atoms with E-state index in [4.69, 9.17) is 0 Å². The molecule has 4 aromatic rings. The van der Waals surface area contributed by atoms with Gasteiger partial charge in [0.05, 0.1) is 6.20 Å². The number of benzene rings is 1. The number of carbonyl (C=O) groups is 1. The lowest BCUT2D eigenvalue weighted by atomic mass is 10.1. The molecule has 2 N–H and O–H groups in total. The van der Waals surface area contributed by atoms with Gasteiger partial charge in [-0.05, 0) is 35.7 Å². The lowest BCUT2D eigenvalue weighted by Gasteiger charge is -2.08. The first-order valence-corrected chi connectivity index (χ1v) is 10.4. The summed E-state index contributed by atoms with van der Waals surface area (Å²) in [5.74, 6) is -3.71. The smallest absolute Gasteiger partial charge is 0.272 e. The first kappa shape index (κ1) is 21.1. The molecule has 1 aliphatic rings. The van der Waals surface area contributed by atoms with Crippen LogP contribution in [0.1, 0.15) is 47.1 Å². The number of nitrogens with zero attached hydrogens (tertiary/aromatic N) is 5. The zero-order valence-electron chi connectivity index (χ0n) is 17.6. The molecule has 33 heavy (non-hydrogen) atoms. The van der Waals surface area contributed by atoms with Crippen LogP contribution in [0.15, 0.2) is 36.9 Å². The number of hydrogen-bond acceptors (Lipinski definition) is 5. The van der Waals surface area contributed by atoms with E-state index in [9.17, 15) is 18.0 Å². The normalized spacial score (nSPS) is 17.5. The van der Waals surface area contributed by atoms with Crippen molar-refractivity contribution in [1.82, 2.24) is 35.0 Å². The van der Waals surface area contributed by atoms with Gasteiger partial charge in [-0.15, -0.1) is 0 Å². The maximum atomic E-state index is 14.2. The first-order chi connectivity index (χ1) is 15.8. The second-order valence-electron chi connectivity index (χ2n) is 8.27. The molecule has 0 saturated heterocycles. The van der Waals surface area contributed by atoms with Gasteiger partial charge in [-0.2, -0.15) is 5.10 Å². The highest BCUT2D eigenvalue weighted by Crippen LogP contribution is 2.43. The van der Waals surface area contributed by atoms with Crippen LogP contribution in [-0.4, -0.2) is 41.5 Å². The van der Waals surface area contributed by atoms with Gasteiger partial charge in [0.15, 0.2) is 11.3 Å². The Morgan fingerprint density at radius 1 is 1.27 bits per heavy atom. The summed E-state index contributed by atoms with van der Waals surface area (Å²) in [7, 11) is 1.77. The summed E-state index contributed by atoms with van der Waals surface area (Å²) in [5.41, 5.74) is 2.53. The van der Waals surface area contributed by atoms with Gasteiger partial charge in [-0.3, -0.25) is 9.48 Å². The predicted octanol–water partition coefficient (Wildman–Crippen LogP) is 3.73. The molecule has 11 heteroatoms. The van der Waals surface area contributed by atoms with Gasteiger partial charge in [0, 0.05) is 44.1 Å². The molecular formula is C22H20F3N7O. The van der Waals surface area contributed by atoms with E-state index in [0.29, 0.717) is 23.4 Å². The number of nitrogens with one attached hydrogen (secondary N) is 2. The van der Waals surface area contributed by atoms with Crippen molar-refractivity contribution in [2.24, 2.45) is 7.05 Å². The molecule has 0 spiro atoms. The number of rotatable bonds is 5. The number of aryl methyl sites for hydroxylation is 1. The number of halogens is 3. The fourth-order valence-electron chi connectivity index (χ4n) is 4.15. The molecule has 3 aromatic heterocycles. The minimum Gasteiger partial charge on any atom is -0.347 e. The quantitative estimate of drug-likeness (QED) is 0.478. The maximum Gasteiger partial charge on any atom is 0.272 e. The Kier molecular flexibility index (Phi) is 5.10. The molecule has 1 unspecified atom stereocenters. The van der Waals surface area contributed by atoms with Crippen LogP contribution in [0.2, 0.25) is 0 Å². The zero-order chi connectivity index (χ0) is 23.2. The van der Waals surface area contributed by atoms with E-state index in [1.54, 1.807) is 30.2 Å². The van der Waals surface area contributed by atoms with Gasteiger partial charge in [-0.1, -0.05) is 0 Å². The molecule has 3 heterocycles.